The fraction of sp³-hybridized carbons (Fsp3) is 0.517. The van der Waals surface area contributed by atoms with Crippen LogP contribution in [0.2, 0.25) is 0 Å². The highest BCUT2D eigenvalue weighted by atomic mass is 16.1. The molecule has 1 aromatic carbocycles. The Balaban J connectivity index is 2.80. The van der Waals surface area contributed by atoms with Crippen LogP contribution in [0.25, 0.3) is 0 Å². The first-order chi connectivity index (χ1) is 16.4. The molecular formula is C29H46N4O. The summed E-state index contributed by atoms with van der Waals surface area (Å²) in [4.78, 5) is 17.6. The van der Waals surface area contributed by atoms with E-state index in [0.29, 0.717) is 6.54 Å². The lowest BCUT2D eigenvalue weighted by atomic mass is 10.0. The second-order valence-corrected chi connectivity index (χ2v) is 8.84. The van der Waals surface area contributed by atoms with E-state index < -0.39 is 0 Å². The summed E-state index contributed by atoms with van der Waals surface area (Å²) in [6.45, 7) is 14.6. The molecule has 0 saturated carbocycles. The number of hydrogen-bond acceptors (Lipinski definition) is 4. The number of benzene rings is 1. The molecule has 0 unspecified atom stereocenters. The second kappa shape index (κ2) is 17.7. The van der Waals surface area contributed by atoms with E-state index in [2.05, 4.69) is 60.5 Å². The van der Waals surface area contributed by atoms with Gasteiger partial charge in [0.15, 0.2) is 0 Å². The zero-order valence-electron chi connectivity index (χ0n) is 21.9. The first kappa shape index (κ1) is 29.3. The maximum atomic E-state index is 12.8. The Hall–Kier alpha value is -2.75. The van der Waals surface area contributed by atoms with Gasteiger partial charge in [-0.15, -0.1) is 5.73 Å². The molecule has 0 aromatic heterocycles. The molecular weight excluding hydrogens is 420 g/mol. The second-order valence-electron chi connectivity index (χ2n) is 8.84. The van der Waals surface area contributed by atoms with Gasteiger partial charge in [0, 0.05) is 36.6 Å². The van der Waals surface area contributed by atoms with Gasteiger partial charge in [-0.2, -0.15) is 0 Å². The summed E-state index contributed by atoms with van der Waals surface area (Å²) >= 11 is 0. The van der Waals surface area contributed by atoms with Gasteiger partial charge in [-0.05, 0) is 102 Å². The van der Waals surface area contributed by atoms with Gasteiger partial charge < -0.3 is 20.9 Å². The monoisotopic (exact) mass is 466 g/mol. The van der Waals surface area contributed by atoms with E-state index in [1.807, 2.05) is 37.3 Å². The molecule has 0 spiro atoms. The molecule has 0 heterocycles. The minimum absolute atomic E-state index is 0.00853. The molecule has 3 N–H and O–H groups in total. The first-order valence-corrected chi connectivity index (χ1v) is 12.7. The van der Waals surface area contributed by atoms with Crippen LogP contribution in [-0.4, -0.2) is 50.6 Å². The fourth-order valence-electron chi connectivity index (χ4n) is 3.84. The number of rotatable bonds is 17. The third-order valence-electron chi connectivity index (χ3n) is 5.54. The van der Waals surface area contributed by atoms with E-state index in [0.717, 1.165) is 76.0 Å². The molecule has 5 heteroatoms. The highest BCUT2D eigenvalue weighted by molar-refractivity contribution is 5.95. The van der Waals surface area contributed by atoms with Crippen LogP contribution in [0.5, 0.6) is 0 Å². The summed E-state index contributed by atoms with van der Waals surface area (Å²) < 4.78 is 0. The smallest absolute Gasteiger partial charge is 0.251 e. The summed E-state index contributed by atoms with van der Waals surface area (Å²) in [5.41, 5.74) is 12.4. The third kappa shape index (κ3) is 11.9. The SMILES string of the molecule is C=C=CCCCN(C)CCCNC(=O)c1ccc(N(CCC)CCC)c(C/C=C\C=C(\C)N)c1. The number of carbonyl (C=O) groups excluding carboxylic acids is 1. The molecule has 1 rings (SSSR count). The maximum Gasteiger partial charge on any atom is 0.251 e. The summed E-state index contributed by atoms with van der Waals surface area (Å²) in [6.07, 6.45) is 13.9. The van der Waals surface area contributed by atoms with Gasteiger partial charge in [0.1, 0.15) is 0 Å². The topological polar surface area (TPSA) is 61.6 Å². The van der Waals surface area contributed by atoms with Crippen LogP contribution in [0.1, 0.15) is 68.8 Å². The Morgan fingerprint density at radius 1 is 1.15 bits per heavy atom. The summed E-state index contributed by atoms with van der Waals surface area (Å²) in [7, 11) is 2.12. The third-order valence-corrected chi connectivity index (χ3v) is 5.54. The minimum atomic E-state index is -0.00853. The van der Waals surface area contributed by atoms with Crippen molar-refractivity contribution in [2.75, 3.05) is 44.7 Å². The van der Waals surface area contributed by atoms with Gasteiger partial charge in [0.05, 0.1) is 0 Å². The van der Waals surface area contributed by atoms with Crippen molar-refractivity contribution in [3.8, 4) is 0 Å². The highest BCUT2D eigenvalue weighted by Gasteiger charge is 2.13. The Morgan fingerprint density at radius 2 is 1.85 bits per heavy atom. The molecule has 0 radical (unpaired) electrons. The molecule has 0 bridgehead atoms. The van der Waals surface area contributed by atoms with E-state index >= 15 is 0 Å². The molecule has 1 amide bonds. The number of unbranched alkanes of at least 4 members (excludes halogenated alkanes) is 1. The van der Waals surface area contributed by atoms with E-state index in [9.17, 15) is 4.79 Å². The molecule has 0 aliphatic carbocycles. The minimum Gasteiger partial charge on any atom is -0.402 e. The van der Waals surface area contributed by atoms with Crippen LogP contribution >= 0.6 is 0 Å². The lowest BCUT2D eigenvalue weighted by Crippen LogP contribution is -2.29. The number of anilines is 1. The Kier molecular flexibility index (Phi) is 15.2. The van der Waals surface area contributed by atoms with Crippen LogP contribution in [0.4, 0.5) is 5.69 Å². The predicted octanol–water partition coefficient (Wildman–Crippen LogP) is 5.45. The Morgan fingerprint density at radius 3 is 2.50 bits per heavy atom. The Labute approximate surface area is 208 Å². The zero-order valence-corrected chi connectivity index (χ0v) is 21.9. The molecule has 0 fully saturated rings. The average Bonchev–Trinajstić information content (AvgIpc) is 2.82. The molecule has 0 atom stereocenters. The van der Waals surface area contributed by atoms with Crippen LogP contribution in [0.3, 0.4) is 0 Å². The zero-order chi connectivity index (χ0) is 25.2. The Bertz CT molecular complexity index is 827. The van der Waals surface area contributed by atoms with E-state index in [1.54, 1.807) is 0 Å². The van der Waals surface area contributed by atoms with Crippen LogP contribution in [-0.2, 0) is 6.42 Å². The fourth-order valence-corrected chi connectivity index (χ4v) is 3.84. The summed E-state index contributed by atoms with van der Waals surface area (Å²) in [5, 5.41) is 3.09. The molecule has 0 aliphatic heterocycles. The van der Waals surface area contributed by atoms with Gasteiger partial charge in [-0.25, -0.2) is 0 Å². The molecule has 0 aliphatic rings. The van der Waals surface area contributed by atoms with Crippen molar-refractivity contribution in [2.45, 2.75) is 59.3 Å². The molecule has 188 valence electrons. The summed E-state index contributed by atoms with van der Waals surface area (Å²) in [6, 6.07) is 6.11. The van der Waals surface area contributed by atoms with Gasteiger partial charge in [-0.3, -0.25) is 4.79 Å². The molecule has 0 saturated heterocycles. The quantitative estimate of drug-likeness (QED) is 0.182. The lowest BCUT2D eigenvalue weighted by Gasteiger charge is -2.26. The van der Waals surface area contributed by atoms with E-state index in [1.165, 1.54) is 11.3 Å². The van der Waals surface area contributed by atoms with Crippen molar-refractivity contribution >= 4 is 11.6 Å². The molecule has 5 nitrogen and oxygen atoms in total. The van der Waals surface area contributed by atoms with Gasteiger partial charge in [-0.1, -0.05) is 32.6 Å². The number of amides is 1. The van der Waals surface area contributed by atoms with Crippen molar-refractivity contribution < 1.29 is 4.79 Å². The normalized spacial score (nSPS) is 11.6. The number of carbonyl (C=O) groups is 1. The van der Waals surface area contributed by atoms with Gasteiger partial charge in [0.25, 0.3) is 5.91 Å². The van der Waals surface area contributed by atoms with Crippen molar-refractivity contribution in [1.29, 1.82) is 0 Å². The van der Waals surface area contributed by atoms with Crippen molar-refractivity contribution in [1.82, 2.24) is 10.2 Å². The maximum absolute atomic E-state index is 12.8. The highest BCUT2D eigenvalue weighted by Crippen LogP contribution is 2.24. The lowest BCUT2D eigenvalue weighted by molar-refractivity contribution is 0.0952. The van der Waals surface area contributed by atoms with Crippen LogP contribution in [0.15, 0.2) is 60.5 Å². The van der Waals surface area contributed by atoms with E-state index in [4.69, 9.17) is 5.73 Å². The number of nitrogens with two attached hydrogens (primary N) is 1. The molecule has 34 heavy (non-hydrogen) atoms. The van der Waals surface area contributed by atoms with Crippen LogP contribution < -0.4 is 16.0 Å². The molecule has 1 aromatic rings. The van der Waals surface area contributed by atoms with Crippen LogP contribution in [0, 0.1) is 0 Å². The predicted molar refractivity (Wildman–Crippen MR) is 147 cm³/mol. The van der Waals surface area contributed by atoms with Gasteiger partial charge in [0.2, 0.25) is 0 Å². The van der Waals surface area contributed by atoms with Crippen molar-refractivity contribution in [2.24, 2.45) is 5.73 Å². The largest absolute Gasteiger partial charge is 0.402 e. The van der Waals surface area contributed by atoms with E-state index in [-0.39, 0.29) is 5.91 Å². The van der Waals surface area contributed by atoms with Crippen molar-refractivity contribution in [3.05, 3.63) is 71.6 Å². The average molecular weight is 467 g/mol. The number of nitrogens with one attached hydrogen (secondary N) is 1. The number of allylic oxidation sites excluding steroid dienone is 5. The number of nitrogens with zero attached hydrogens (tertiary/aromatic N) is 2. The first-order valence-electron chi connectivity index (χ1n) is 12.7. The summed E-state index contributed by atoms with van der Waals surface area (Å²) in [5.74, 6) is -0.00853. The van der Waals surface area contributed by atoms with Crippen molar-refractivity contribution in [3.63, 3.8) is 0 Å². The number of hydrogen-bond donors (Lipinski definition) is 2. The standard InChI is InChI=1S/C29H46N4O/c1-6-9-10-13-22-32(5)23-14-19-31-29(34)27-17-18-28(33(20-7-2)21-8-3)26(24-27)16-12-11-15-25(4)30/h9,11-12,15,17-18,24H,1,7-8,10,13-14,16,19-23,30H2,2-5H3,(H,31,34)/b12-11-,25-15-. The van der Waals surface area contributed by atoms with Gasteiger partial charge >= 0.3 is 0 Å².